The number of benzene rings is 2. The highest BCUT2D eigenvalue weighted by molar-refractivity contribution is 7.99. The van der Waals surface area contributed by atoms with Crippen LogP contribution in [0.1, 0.15) is 49.2 Å². The predicted molar refractivity (Wildman–Crippen MR) is 108 cm³/mol. The summed E-state index contributed by atoms with van der Waals surface area (Å²) in [6.45, 7) is 3.70. The van der Waals surface area contributed by atoms with Crippen molar-refractivity contribution in [1.82, 2.24) is 14.8 Å². The van der Waals surface area contributed by atoms with Gasteiger partial charge in [-0.05, 0) is 43.5 Å². The lowest BCUT2D eigenvalue weighted by atomic mass is 10.2. The number of hydrogen-bond donors (Lipinski definition) is 1. The lowest BCUT2D eigenvalue weighted by molar-refractivity contribution is -0.114. The van der Waals surface area contributed by atoms with Crippen LogP contribution in [0.3, 0.4) is 0 Å². The van der Waals surface area contributed by atoms with Crippen molar-refractivity contribution < 1.29 is 4.79 Å². The molecular formula is C21H22N4OS. The van der Waals surface area contributed by atoms with Gasteiger partial charge in [0.05, 0.1) is 5.69 Å². The molecule has 1 N–H and O–H groups in total. The Hall–Kier alpha value is -2.60. The lowest BCUT2D eigenvalue weighted by Crippen LogP contribution is -2.07. The molecule has 0 radical (unpaired) electrons. The van der Waals surface area contributed by atoms with Crippen molar-refractivity contribution in [2.24, 2.45) is 0 Å². The number of carbonyl (C=O) groups excluding carboxylic acids is 1. The Morgan fingerprint density at radius 2 is 1.93 bits per heavy atom. The summed E-state index contributed by atoms with van der Waals surface area (Å²) in [5.74, 6) is 1.41. The first-order chi connectivity index (χ1) is 13.1. The van der Waals surface area contributed by atoms with Crippen LogP contribution in [0.4, 0.5) is 5.69 Å². The Morgan fingerprint density at radius 1 is 1.15 bits per heavy atom. The largest absolute Gasteiger partial charge is 0.326 e. The summed E-state index contributed by atoms with van der Waals surface area (Å²) in [4.78, 5) is 11.4. The van der Waals surface area contributed by atoms with E-state index in [1.165, 1.54) is 12.5 Å². The smallest absolute Gasteiger partial charge is 0.221 e. The molecule has 1 saturated carbocycles. The topological polar surface area (TPSA) is 59.8 Å². The van der Waals surface area contributed by atoms with E-state index in [0.29, 0.717) is 5.92 Å². The van der Waals surface area contributed by atoms with E-state index < -0.39 is 0 Å². The average Bonchev–Trinajstić information content (AvgIpc) is 3.43. The number of nitrogens with zero attached hydrogens (tertiary/aromatic N) is 3. The van der Waals surface area contributed by atoms with Gasteiger partial charge < -0.3 is 5.32 Å². The van der Waals surface area contributed by atoms with Gasteiger partial charge in [-0.1, -0.05) is 48.2 Å². The molecule has 1 atom stereocenters. The summed E-state index contributed by atoms with van der Waals surface area (Å²) in [7, 11) is 0. The molecule has 1 heterocycles. The van der Waals surface area contributed by atoms with Gasteiger partial charge in [-0.3, -0.25) is 9.36 Å². The predicted octanol–water partition coefficient (Wildman–Crippen LogP) is 4.96. The van der Waals surface area contributed by atoms with E-state index in [9.17, 15) is 4.79 Å². The Kier molecular flexibility index (Phi) is 4.99. The highest BCUT2D eigenvalue weighted by atomic mass is 32.2. The van der Waals surface area contributed by atoms with Crippen LogP contribution >= 0.6 is 11.8 Å². The average molecular weight is 379 g/mol. The molecule has 0 bridgehead atoms. The van der Waals surface area contributed by atoms with Crippen LogP contribution in [-0.4, -0.2) is 20.7 Å². The molecular weight excluding hydrogens is 356 g/mol. The van der Waals surface area contributed by atoms with Gasteiger partial charge >= 0.3 is 0 Å². The van der Waals surface area contributed by atoms with Crippen LogP contribution in [0.15, 0.2) is 59.8 Å². The summed E-state index contributed by atoms with van der Waals surface area (Å²) in [6.07, 6.45) is 2.31. The third-order valence-corrected chi connectivity index (χ3v) is 5.68. The van der Waals surface area contributed by atoms with Gasteiger partial charge in [0.25, 0.3) is 0 Å². The van der Waals surface area contributed by atoms with Crippen LogP contribution in [0.5, 0.6) is 0 Å². The fraction of sp³-hybridized carbons (Fsp3) is 0.286. The number of hydrogen-bond acceptors (Lipinski definition) is 4. The van der Waals surface area contributed by atoms with Crippen LogP contribution < -0.4 is 5.32 Å². The molecule has 0 aliphatic heterocycles. The number of nitrogens with one attached hydrogen (secondary N) is 1. The van der Waals surface area contributed by atoms with Crippen LogP contribution in [0.2, 0.25) is 0 Å². The zero-order valence-electron chi connectivity index (χ0n) is 15.4. The maximum atomic E-state index is 11.4. The van der Waals surface area contributed by atoms with Gasteiger partial charge in [-0.2, -0.15) is 0 Å². The van der Waals surface area contributed by atoms with Gasteiger partial charge in [0, 0.05) is 23.8 Å². The molecule has 1 aromatic heterocycles. The second-order valence-electron chi connectivity index (χ2n) is 6.85. The number of aromatic nitrogens is 3. The molecule has 1 unspecified atom stereocenters. The van der Waals surface area contributed by atoms with Gasteiger partial charge in [-0.25, -0.2) is 0 Å². The Balaban J connectivity index is 1.69. The Bertz CT molecular complexity index is 950. The van der Waals surface area contributed by atoms with Crippen LogP contribution in [-0.2, 0) is 4.79 Å². The minimum atomic E-state index is -0.0781. The summed E-state index contributed by atoms with van der Waals surface area (Å²) in [5, 5.41) is 13.0. The lowest BCUT2D eigenvalue weighted by Gasteiger charge is -2.14. The van der Waals surface area contributed by atoms with Crippen LogP contribution in [0, 0.1) is 0 Å². The normalized spacial score (nSPS) is 14.7. The minimum Gasteiger partial charge on any atom is -0.326 e. The Morgan fingerprint density at radius 3 is 2.63 bits per heavy atom. The second-order valence-corrected chi connectivity index (χ2v) is 8.16. The maximum absolute atomic E-state index is 11.4. The van der Waals surface area contributed by atoms with E-state index in [1.807, 2.05) is 30.3 Å². The third-order valence-electron chi connectivity index (χ3n) is 4.58. The molecule has 0 spiro atoms. The standard InChI is InChI=1S/C21H22N4OS/c1-14(16-7-4-3-5-8-16)27-21-24-23-20(17-11-12-17)25(21)19-10-6-9-18(13-19)22-15(2)26/h3-10,13-14,17H,11-12H2,1-2H3,(H,22,26). The fourth-order valence-corrected chi connectivity index (χ4v) is 4.08. The molecule has 6 heteroatoms. The quantitative estimate of drug-likeness (QED) is 0.616. The van der Waals surface area contributed by atoms with Crippen molar-refractivity contribution in [3.8, 4) is 5.69 Å². The van der Waals surface area contributed by atoms with Crippen LogP contribution in [0.25, 0.3) is 5.69 Å². The van der Waals surface area contributed by atoms with E-state index in [2.05, 4.69) is 51.3 Å². The molecule has 0 saturated heterocycles. The first-order valence-corrected chi connectivity index (χ1v) is 10.0. The molecule has 1 amide bonds. The molecule has 1 fully saturated rings. The first-order valence-electron chi connectivity index (χ1n) is 9.17. The van der Waals surface area contributed by atoms with Gasteiger partial charge in [-0.15, -0.1) is 10.2 Å². The van der Waals surface area contributed by atoms with Crippen molar-refractivity contribution in [3.05, 3.63) is 66.0 Å². The summed E-state index contributed by atoms with van der Waals surface area (Å²) in [6, 6.07) is 18.3. The third kappa shape index (κ3) is 4.06. The highest BCUT2D eigenvalue weighted by Gasteiger charge is 2.31. The molecule has 138 valence electrons. The summed E-state index contributed by atoms with van der Waals surface area (Å²) < 4.78 is 2.15. The van der Waals surface area contributed by atoms with Crippen molar-refractivity contribution >= 4 is 23.4 Å². The molecule has 1 aliphatic rings. The number of thioether (sulfide) groups is 1. The first kappa shape index (κ1) is 17.8. The van der Waals surface area contributed by atoms with Gasteiger partial charge in [0.1, 0.15) is 5.82 Å². The maximum Gasteiger partial charge on any atom is 0.221 e. The van der Waals surface area contributed by atoms with E-state index in [1.54, 1.807) is 11.8 Å². The monoisotopic (exact) mass is 378 g/mol. The van der Waals surface area contributed by atoms with Gasteiger partial charge in [0.2, 0.25) is 5.91 Å². The van der Waals surface area contributed by atoms with Crippen molar-refractivity contribution in [2.75, 3.05) is 5.32 Å². The molecule has 3 aromatic rings. The van der Waals surface area contributed by atoms with E-state index in [-0.39, 0.29) is 11.2 Å². The number of rotatable bonds is 6. The van der Waals surface area contributed by atoms with Crippen molar-refractivity contribution in [3.63, 3.8) is 0 Å². The van der Waals surface area contributed by atoms with Gasteiger partial charge in [0.15, 0.2) is 5.16 Å². The zero-order valence-corrected chi connectivity index (χ0v) is 16.2. The van der Waals surface area contributed by atoms with Crippen molar-refractivity contribution in [1.29, 1.82) is 0 Å². The molecule has 4 rings (SSSR count). The Labute approximate surface area is 163 Å². The second kappa shape index (κ2) is 7.56. The molecule has 27 heavy (non-hydrogen) atoms. The summed E-state index contributed by atoms with van der Waals surface area (Å²) >= 11 is 1.71. The molecule has 1 aliphatic carbocycles. The molecule has 2 aromatic carbocycles. The SMILES string of the molecule is CC(=O)Nc1cccc(-n2c(SC(C)c3ccccc3)nnc2C2CC2)c1. The number of amides is 1. The number of carbonyl (C=O) groups is 1. The zero-order chi connectivity index (χ0) is 18.8. The summed E-state index contributed by atoms with van der Waals surface area (Å²) in [5.41, 5.74) is 3.02. The fourth-order valence-electron chi connectivity index (χ4n) is 3.08. The van der Waals surface area contributed by atoms with E-state index in [4.69, 9.17) is 0 Å². The minimum absolute atomic E-state index is 0.0781. The van der Waals surface area contributed by atoms with E-state index in [0.717, 1.165) is 35.2 Å². The number of anilines is 1. The van der Waals surface area contributed by atoms with Crippen molar-refractivity contribution in [2.45, 2.75) is 43.0 Å². The van der Waals surface area contributed by atoms with E-state index >= 15 is 0 Å². The molecule has 5 nitrogen and oxygen atoms in total. The highest BCUT2D eigenvalue weighted by Crippen LogP contribution is 2.43.